The maximum atomic E-state index is 13.3. The molecule has 19 heavy (non-hydrogen) atoms. The molecule has 0 fully saturated rings. The number of amides is 1. The Labute approximate surface area is 113 Å². The van der Waals surface area contributed by atoms with Gasteiger partial charge in [0.1, 0.15) is 11.6 Å². The van der Waals surface area contributed by atoms with Crippen molar-refractivity contribution >= 4 is 5.91 Å². The molecule has 1 rings (SSSR count). The molecule has 4 nitrogen and oxygen atoms in total. The summed E-state index contributed by atoms with van der Waals surface area (Å²) in [6.07, 6.45) is 0.389. The summed E-state index contributed by atoms with van der Waals surface area (Å²) < 4.78 is 18.8. The molecule has 0 aliphatic carbocycles. The van der Waals surface area contributed by atoms with Gasteiger partial charge in [-0.1, -0.05) is 6.92 Å². The van der Waals surface area contributed by atoms with Crippen LogP contribution in [0.15, 0.2) is 18.2 Å². The fourth-order valence-corrected chi connectivity index (χ4v) is 1.65. The SMILES string of the molecule is CCCNCc1cc(F)ccc1OC(C)C(=O)NC. The first-order valence-electron chi connectivity index (χ1n) is 6.45. The number of nitrogens with one attached hydrogen (secondary N) is 2. The van der Waals surface area contributed by atoms with Gasteiger partial charge in [0.15, 0.2) is 6.10 Å². The van der Waals surface area contributed by atoms with E-state index in [9.17, 15) is 9.18 Å². The zero-order valence-electron chi connectivity index (χ0n) is 11.6. The van der Waals surface area contributed by atoms with E-state index in [-0.39, 0.29) is 11.7 Å². The molecule has 5 heteroatoms. The average Bonchev–Trinajstić information content (AvgIpc) is 2.40. The minimum absolute atomic E-state index is 0.211. The first kappa shape index (κ1) is 15.4. The number of likely N-dealkylation sites (N-methyl/N-ethyl adjacent to an activating group) is 1. The number of halogens is 1. The van der Waals surface area contributed by atoms with Crippen molar-refractivity contribution in [1.29, 1.82) is 0 Å². The predicted octanol–water partition coefficient (Wildman–Crippen LogP) is 1.84. The minimum atomic E-state index is -0.611. The van der Waals surface area contributed by atoms with Gasteiger partial charge < -0.3 is 15.4 Å². The Hall–Kier alpha value is -1.62. The fourth-order valence-electron chi connectivity index (χ4n) is 1.65. The molecular weight excluding hydrogens is 247 g/mol. The van der Waals surface area contributed by atoms with Crippen LogP contribution in [0.1, 0.15) is 25.8 Å². The molecule has 106 valence electrons. The van der Waals surface area contributed by atoms with Crippen molar-refractivity contribution in [2.24, 2.45) is 0 Å². The van der Waals surface area contributed by atoms with Crippen molar-refractivity contribution in [3.05, 3.63) is 29.6 Å². The van der Waals surface area contributed by atoms with E-state index in [1.54, 1.807) is 20.0 Å². The summed E-state index contributed by atoms with van der Waals surface area (Å²) >= 11 is 0. The lowest BCUT2D eigenvalue weighted by Crippen LogP contribution is -2.34. The summed E-state index contributed by atoms with van der Waals surface area (Å²) in [5, 5.41) is 5.70. The molecular formula is C14H21FN2O2. The van der Waals surface area contributed by atoms with E-state index < -0.39 is 6.10 Å². The Balaban J connectivity index is 2.78. The number of benzene rings is 1. The normalized spacial score (nSPS) is 12.0. The molecule has 0 saturated heterocycles. The Morgan fingerprint density at radius 2 is 2.21 bits per heavy atom. The summed E-state index contributed by atoms with van der Waals surface area (Å²) in [6.45, 7) is 5.08. The molecule has 0 saturated carbocycles. The molecule has 0 radical (unpaired) electrons. The Morgan fingerprint density at radius 1 is 1.47 bits per heavy atom. The van der Waals surface area contributed by atoms with Crippen LogP contribution >= 0.6 is 0 Å². The molecule has 0 aromatic heterocycles. The Kier molecular flexibility index (Phi) is 6.29. The predicted molar refractivity (Wildman–Crippen MR) is 72.6 cm³/mol. The van der Waals surface area contributed by atoms with Crippen molar-refractivity contribution in [1.82, 2.24) is 10.6 Å². The molecule has 0 bridgehead atoms. The van der Waals surface area contributed by atoms with Crippen molar-refractivity contribution in [3.63, 3.8) is 0 Å². The first-order chi connectivity index (χ1) is 9.08. The molecule has 1 amide bonds. The Morgan fingerprint density at radius 3 is 2.84 bits per heavy atom. The number of ether oxygens (including phenoxy) is 1. The number of carbonyl (C=O) groups excluding carboxylic acids is 1. The lowest BCUT2D eigenvalue weighted by atomic mass is 10.2. The highest BCUT2D eigenvalue weighted by atomic mass is 19.1. The lowest BCUT2D eigenvalue weighted by molar-refractivity contribution is -0.126. The molecule has 1 atom stereocenters. The van der Waals surface area contributed by atoms with Crippen LogP contribution in [0, 0.1) is 5.82 Å². The molecule has 0 spiro atoms. The van der Waals surface area contributed by atoms with E-state index in [1.165, 1.54) is 12.1 Å². The average molecular weight is 268 g/mol. The molecule has 1 unspecified atom stereocenters. The maximum Gasteiger partial charge on any atom is 0.260 e. The molecule has 1 aromatic rings. The van der Waals surface area contributed by atoms with Crippen LogP contribution in [0.25, 0.3) is 0 Å². The van der Waals surface area contributed by atoms with Gasteiger partial charge in [-0.25, -0.2) is 4.39 Å². The largest absolute Gasteiger partial charge is 0.481 e. The zero-order chi connectivity index (χ0) is 14.3. The van der Waals surface area contributed by atoms with Gasteiger partial charge >= 0.3 is 0 Å². The monoisotopic (exact) mass is 268 g/mol. The Bertz CT molecular complexity index is 424. The third-order valence-corrected chi connectivity index (χ3v) is 2.68. The number of carbonyl (C=O) groups is 1. The summed E-state index contributed by atoms with van der Waals surface area (Å²) in [7, 11) is 1.55. The van der Waals surface area contributed by atoms with E-state index in [1.807, 2.05) is 0 Å². The number of rotatable bonds is 7. The highest BCUT2D eigenvalue weighted by Crippen LogP contribution is 2.21. The van der Waals surface area contributed by atoms with Crippen LogP contribution in [0.4, 0.5) is 4.39 Å². The van der Waals surface area contributed by atoms with Crippen LogP contribution in [-0.4, -0.2) is 25.6 Å². The molecule has 0 aliphatic heterocycles. The second-order valence-electron chi connectivity index (χ2n) is 4.30. The molecule has 1 aromatic carbocycles. The van der Waals surface area contributed by atoms with Gasteiger partial charge in [0.05, 0.1) is 0 Å². The summed E-state index contributed by atoms with van der Waals surface area (Å²) in [4.78, 5) is 11.4. The second kappa shape index (κ2) is 7.74. The highest BCUT2D eigenvalue weighted by Gasteiger charge is 2.15. The standard InChI is InChI=1S/C14H21FN2O2/c1-4-7-17-9-11-8-12(15)5-6-13(11)19-10(2)14(18)16-3/h5-6,8,10,17H,4,7,9H2,1-3H3,(H,16,18). The quantitative estimate of drug-likeness (QED) is 0.742. The van der Waals surface area contributed by atoms with Crippen molar-refractivity contribution in [3.8, 4) is 5.75 Å². The van der Waals surface area contributed by atoms with Crippen LogP contribution in [0.3, 0.4) is 0 Å². The maximum absolute atomic E-state index is 13.3. The molecule has 0 aliphatic rings. The van der Waals surface area contributed by atoms with E-state index >= 15 is 0 Å². The van der Waals surface area contributed by atoms with Gasteiger partial charge in [-0.2, -0.15) is 0 Å². The van der Waals surface area contributed by atoms with Crippen LogP contribution in [0.2, 0.25) is 0 Å². The summed E-state index contributed by atoms with van der Waals surface area (Å²) in [5.74, 6) is 0.00569. The molecule has 0 heterocycles. The highest BCUT2D eigenvalue weighted by molar-refractivity contribution is 5.80. The minimum Gasteiger partial charge on any atom is -0.481 e. The van der Waals surface area contributed by atoms with E-state index in [4.69, 9.17) is 4.74 Å². The smallest absolute Gasteiger partial charge is 0.260 e. The van der Waals surface area contributed by atoms with Crippen molar-refractivity contribution in [2.45, 2.75) is 32.9 Å². The third kappa shape index (κ3) is 4.87. The second-order valence-corrected chi connectivity index (χ2v) is 4.30. The van der Waals surface area contributed by atoms with Gasteiger partial charge in [-0.15, -0.1) is 0 Å². The van der Waals surface area contributed by atoms with E-state index in [0.717, 1.165) is 13.0 Å². The van der Waals surface area contributed by atoms with Gasteiger partial charge in [0, 0.05) is 19.2 Å². The number of hydrogen-bond acceptors (Lipinski definition) is 3. The first-order valence-corrected chi connectivity index (χ1v) is 6.45. The summed E-state index contributed by atoms with van der Waals surface area (Å²) in [5.41, 5.74) is 0.712. The van der Waals surface area contributed by atoms with Gasteiger partial charge in [-0.05, 0) is 38.1 Å². The van der Waals surface area contributed by atoms with Gasteiger partial charge in [-0.3, -0.25) is 4.79 Å². The summed E-state index contributed by atoms with van der Waals surface area (Å²) in [6, 6.07) is 4.31. The topological polar surface area (TPSA) is 50.4 Å². The van der Waals surface area contributed by atoms with Crippen LogP contribution < -0.4 is 15.4 Å². The van der Waals surface area contributed by atoms with E-state index in [2.05, 4.69) is 17.6 Å². The van der Waals surface area contributed by atoms with E-state index in [0.29, 0.717) is 17.9 Å². The van der Waals surface area contributed by atoms with Gasteiger partial charge in [0.2, 0.25) is 0 Å². The fraction of sp³-hybridized carbons (Fsp3) is 0.500. The van der Waals surface area contributed by atoms with Crippen molar-refractivity contribution < 1.29 is 13.9 Å². The van der Waals surface area contributed by atoms with Crippen LogP contribution in [0.5, 0.6) is 5.75 Å². The van der Waals surface area contributed by atoms with Crippen LogP contribution in [-0.2, 0) is 11.3 Å². The molecule has 2 N–H and O–H groups in total. The zero-order valence-corrected chi connectivity index (χ0v) is 11.6. The lowest BCUT2D eigenvalue weighted by Gasteiger charge is -2.16. The number of hydrogen-bond donors (Lipinski definition) is 2. The van der Waals surface area contributed by atoms with Crippen molar-refractivity contribution in [2.75, 3.05) is 13.6 Å². The van der Waals surface area contributed by atoms with Gasteiger partial charge in [0.25, 0.3) is 5.91 Å². The third-order valence-electron chi connectivity index (χ3n) is 2.68.